The lowest BCUT2D eigenvalue weighted by Crippen LogP contribution is -2.38. The second-order valence-electron chi connectivity index (χ2n) is 8.47. The number of amides is 1. The van der Waals surface area contributed by atoms with Crippen LogP contribution < -0.4 is 5.73 Å². The molecule has 6 heteroatoms. The number of aromatic nitrogens is 1. The molecule has 0 aliphatic carbocycles. The number of morpholine rings is 1. The van der Waals surface area contributed by atoms with E-state index in [0.717, 1.165) is 35.3 Å². The van der Waals surface area contributed by atoms with Crippen LogP contribution in [0.4, 0.5) is 0 Å². The Hall–Kier alpha value is -2.67. The van der Waals surface area contributed by atoms with Crippen molar-refractivity contribution in [2.24, 2.45) is 5.73 Å². The van der Waals surface area contributed by atoms with Crippen molar-refractivity contribution < 1.29 is 9.53 Å². The van der Waals surface area contributed by atoms with Gasteiger partial charge in [0, 0.05) is 53.0 Å². The van der Waals surface area contributed by atoms with Gasteiger partial charge in [0.25, 0.3) is 5.91 Å². The molecule has 31 heavy (non-hydrogen) atoms. The minimum absolute atomic E-state index is 0.161. The minimum atomic E-state index is -0.378. The third kappa shape index (κ3) is 3.65. The fraction of sp³-hybridized carbons (Fsp3) is 0.320. The summed E-state index contributed by atoms with van der Waals surface area (Å²) in [7, 11) is 0. The van der Waals surface area contributed by atoms with Crippen LogP contribution >= 0.6 is 11.3 Å². The number of carbonyl (C=O) groups is 1. The molecule has 0 saturated carbocycles. The Balaban J connectivity index is 1.46. The molecule has 2 aromatic carbocycles. The highest BCUT2D eigenvalue weighted by atomic mass is 32.1. The molecule has 1 atom stereocenters. The average molecular weight is 434 g/mol. The Morgan fingerprint density at radius 1 is 1.16 bits per heavy atom. The van der Waals surface area contributed by atoms with Gasteiger partial charge < -0.3 is 15.0 Å². The van der Waals surface area contributed by atoms with Crippen LogP contribution in [0.15, 0.2) is 54.7 Å². The first kappa shape index (κ1) is 20.2. The van der Waals surface area contributed by atoms with Gasteiger partial charge in [0.2, 0.25) is 0 Å². The first-order chi connectivity index (χ1) is 15.0. The molecule has 3 heterocycles. The van der Waals surface area contributed by atoms with Crippen molar-refractivity contribution in [1.82, 2.24) is 9.47 Å². The molecule has 160 valence electrons. The number of fused-ring (bicyclic) bond motifs is 2. The molecular formula is C25H27N3O2S. The molecule has 0 unspecified atom stereocenters. The molecule has 0 bridgehead atoms. The van der Waals surface area contributed by atoms with Crippen LogP contribution in [-0.2, 0) is 11.3 Å². The zero-order valence-electron chi connectivity index (χ0n) is 17.9. The summed E-state index contributed by atoms with van der Waals surface area (Å²) in [5.74, 6) is -0.378. The van der Waals surface area contributed by atoms with E-state index in [4.69, 9.17) is 10.5 Å². The molecular weight excluding hydrogens is 406 g/mol. The summed E-state index contributed by atoms with van der Waals surface area (Å²) < 4.78 is 9.60. The molecule has 0 spiro atoms. The maximum absolute atomic E-state index is 12.2. The number of hydrogen-bond acceptors (Lipinski definition) is 4. The third-order valence-corrected chi connectivity index (χ3v) is 7.30. The molecule has 1 aliphatic rings. The number of rotatable bonds is 5. The van der Waals surface area contributed by atoms with E-state index < -0.39 is 0 Å². The Morgan fingerprint density at radius 3 is 2.68 bits per heavy atom. The van der Waals surface area contributed by atoms with Crippen molar-refractivity contribution in [3.63, 3.8) is 0 Å². The van der Waals surface area contributed by atoms with Gasteiger partial charge >= 0.3 is 0 Å². The number of nitrogens with two attached hydrogens (primary N) is 1. The van der Waals surface area contributed by atoms with E-state index in [1.54, 1.807) is 0 Å². The summed E-state index contributed by atoms with van der Waals surface area (Å²) in [5, 5.41) is 2.38. The highest BCUT2D eigenvalue weighted by Crippen LogP contribution is 2.38. The summed E-state index contributed by atoms with van der Waals surface area (Å²) in [4.78, 5) is 15.2. The molecule has 5 rings (SSSR count). The fourth-order valence-corrected chi connectivity index (χ4v) is 5.77. The lowest BCUT2D eigenvalue weighted by Gasteiger charge is -2.33. The number of para-hydroxylation sites is 1. The van der Waals surface area contributed by atoms with Crippen LogP contribution in [0.25, 0.3) is 21.0 Å². The average Bonchev–Trinajstić information content (AvgIpc) is 3.33. The minimum Gasteiger partial charge on any atom is -0.371 e. The first-order valence-electron chi connectivity index (χ1n) is 10.8. The maximum atomic E-state index is 12.2. The van der Waals surface area contributed by atoms with Gasteiger partial charge in [-0.05, 0) is 36.9 Å². The topological polar surface area (TPSA) is 60.5 Å². The van der Waals surface area contributed by atoms with Crippen molar-refractivity contribution in [3.05, 3.63) is 70.7 Å². The van der Waals surface area contributed by atoms with Gasteiger partial charge in [-0.3, -0.25) is 9.69 Å². The lowest BCUT2D eigenvalue weighted by atomic mass is 10.0. The second kappa shape index (κ2) is 8.11. The lowest BCUT2D eigenvalue weighted by molar-refractivity contribution is -0.0321. The highest BCUT2D eigenvalue weighted by molar-refractivity contribution is 7.21. The van der Waals surface area contributed by atoms with E-state index >= 15 is 0 Å². The molecule has 2 aromatic heterocycles. The van der Waals surface area contributed by atoms with Crippen molar-refractivity contribution in [2.75, 3.05) is 19.7 Å². The molecule has 1 saturated heterocycles. The van der Waals surface area contributed by atoms with Gasteiger partial charge in [-0.2, -0.15) is 0 Å². The summed E-state index contributed by atoms with van der Waals surface area (Å²) >= 11 is 1.46. The normalized spacial score (nSPS) is 17.7. The van der Waals surface area contributed by atoms with Crippen molar-refractivity contribution in [1.29, 1.82) is 0 Å². The van der Waals surface area contributed by atoms with Gasteiger partial charge in [0.15, 0.2) is 0 Å². The van der Waals surface area contributed by atoms with E-state index in [-0.39, 0.29) is 12.0 Å². The molecule has 1 fully saturated rings. The molecule has 1 amide bonds. The quantitative estimate of drug-likeness (QED) is 0.476. The fourth-order valence-electron chi connectivity index (χ4n) is 4.66. The largest absolute Gasteiger partial charge is 0.371 e. The first-order valence-corrected chi connectivity index (χ1v) is 11.6. The Kier molecular flexibility index (Phi) is 5.30. The zero-order valence-corrected chi connectivity index (χ0v) is 18.7. The van der Waals surface area contributed by atoms with Gasteiger partial charge in [-0.1, -0.05) is 36.4 Å². The second-order valence-corrected chi connectivity index (χ2v) is 9.52. The third-order valence-electron chi connectivity index (χ3n) is 6.10. The van der Waals surface area contributed by atoms with Gasteiger partial charge in [0.05, 0.1) is 17.6 Å². The van der Waals surface area contributed by atoms with E-state index in [1.807, 2.05) is 18.2 Å². The molecule has 5 nitrogen and oxygen atoms in total. The summed E-state index contributed by atoms with van der Waals surface area (Å²) in [6.07, 6.45) is 2.13. The summed E-state index contributed by atoms with van der Waals surface area (Å²) in [6.45, 7) is 7.53. The van der Waals surface area contributed by atoms with Crippen LogP contribution in [0, 0.1) is 0 Å². The van der Waals surface area contributed by atoms with E-state index in [0.29, 0.717) is 17.5 Å². The van der Waals surface area contributed by atoms with Crippen LogP contribution in [-0.4, -0.2) is 35.1 Å². The summed E-state index contributed by atoms with van der Waals surface area (Å²) in [5.41, 5.74) is 9.29. The Morgan fingerprint density at radius 2 is 1.90 bits per heavy atom. The Bertz CT molecular complexity index is 1260. The number of hydrogen-bond donors (Lipinski definition) is 1. The molecule has 4 aromatic rings. The number of benzene rings is 2. The van der Waals surface area contributed by atoms with E-state index in [1.165, 1.54) is 27.8 Å². The SMILES string of the molecule is CC(C)n1cc(CN2CCO[C@H](c3c(C(N)=O)sc4ccccc34)C2)c2ccccc21. The maximum Gasteiger partial charge on any atom is 0.259 e. The van der Waals surface area contributed by atoms with Gasteiger partial charge in [-0.25, -0.2) is 0 Å². The number of thiophene rings is 1. The van der Waals surface area contributed by atoms with Crippen molar-refractivity contribution >= 4 is 38.2 Å². The van der Waals surface area contributed by atoms with Crippen LogP contribution in [0.1, 0.15) is 46.8 Å². The molecule has 0 radical (unpaired) electrons. The van der Waals surface area contributed by atoms with Crippen molar-refractivity contribution in [2.45, 2.75) is 32.5 Å². The zero-order chi connectivity index (χ0) is 21.5. The number of nitrogens with zero attached hydrogens (tertiary/aromatic N) is 2. The standard InChI is InChI=1S/C25H27N3O2S/c1-16(2)28-14-17(18-7-3-5-9-20(18)28)13-27-11-12-30-21(15-27)23-19-8-4-6-10-22(19)31-24(23)25(26)29/h3-10,14,16,21H,11-13,15H2,1-2H3,(H2,26,29)/t21-/m0/s1. The van der Waals surface area contributed by atoms with Gasteiger partial charge in [-0.15, -0.1) is 11.3 Å². The number of carbonyl (C=O) groups excluding carboxylic acids is 1. The monoisotopic (exact) mass is 433 g/mol. The highest BCUT2D eigenvalue weighted by Gasteiger charge is 2.29. The smallest absolute Gasteiger partial charge is 0.259 e. The van der Waals surface area contributed by atoms with Gasteiger partial charge in [0.1, 0.15) is 0 Å². The van der Waals surface area contributed by atoms with Crippen LogP contribution in [0.2, 0.25) is 0 Å². The number of ether oxygens (including phenoxy) is 1. The van der Waals surface area contributed by atoms with Crippen LogP contribution in [0.3, 0.4) is 0 Å². The molecule has 1 aliphatic heterocycles. The predicted octanol–water partition coefficient (Wildman–Crippen LogP) is 5.11. The van der Waals surface area contributed by atoms with Crippen molar-refractivity contribution in [3.8, 4) is 0 Å². The van der Waals surface area contributed by atoms with E-state index in [9.17, 15) is 4.79 Å². The summed E-state index contributed by atoms with van der Waals surface area (Å²) in [6, 6.07) is 17.1. The predicted molar refractivity (Wildman–Crippen MR) is 127 cm³/mol. The van der Waals surface area contributed by atoms with Crippen LogP contribution in [0.5, 0.6) is 0 Å². The Labute approximate surface area is 186 Å². The number of primary amides is 1. The molecule has 2 N–H and O–H groups in total. The van der Waals surface area contributed by atoms with E-state index in [2.05, 4.69) is 59.8 Å².